The van der Waals surface area contributed by atoms with Crippen LogP contribution < -0.4 is 5.32 Å². The summed E-state index contributed by atoms with van der Waals surface area (Å²) in [7, 11) is 0. The number of aromatic nitrogens is 2. The number of benzene rings is 1. The number of nitrogens with one attached hydrogen (secondary N) is 1. The number of hydrogen-bond donors (Lipinski definition) is 1. The Kier molecular flexibility index (Phi) is 5.75. The fourth-order valence-electron chi connectivity index (χ4n) is 2.69. The van der Waals surface area contributed by atoms with E-state index in [1.807, 2.05) is 24.4 Å². The second-order valence-corrected chi connectivity index (χ2v) is 5.87. The monoisotopic (exact) mass is 299 g/mol. The third-order valence-electron chi connectivity index (χ3n) is 3.73. The van der Waals surface area contributed by atoms with Crippen LogP contribution in [0.5, 0.6) is 0 Å². The number of imidazole rings is 1. The largest absolute Gasteiger partial charge is 0.356 e. The van der Waals surface area contributed by atoms with Crippen molar-refractivity contribution in [2.75, 3.05) is 6.54 Å². The molecule has 4 nitrogen and oxygen atoms in total. The second-order valence-electron chi connectivity index (χ2n) is 5.87. The molecule has 1 aromatic carbocycles. The molecule has 0 radical (unpaired) electrons. The number of amides is 1. The van der Waals surface area contributed by atoms with Gasteiger partial charge in [0.1, 0.15) is 5.82 Å². The lowest BCUT2D eigenvalue weighted by Crippen LogP contribution is -2.27. The third kappa shape index (κ3) is 4.45. The van der Waals surface area contributed by atoms with Crippen molar-refractivity contribution >= 4 is 5.91 Å². The lowest BCUT2D eigenvalue weighted by Gasteiger charge is -2.14. The number of nitrogens with zero attached hydrogens (tertiary/aromatic N) is 2. The number of carbonyl (C=O) groups is 1. The third-order valence-corrected chi connectivity index (χ3v) is 3.73. The van der Waals surface area contributed by atoms with Crippen LogP contribution in [0.4, 0.5) is 0 Å². The van der Waals surface area contributed by atoms with Crippen LogP contribution in [0.25, 0.3) is 0 Å². The molecule has 1 heterocycles. The van der Waals surface area contributed by atoms with E-state index in [2.05, 4.69) is 47.8 Å². The molecule has 0 aliphatic heterocycles. The topological polar surface area (TPSA) is 46.9 Å². The molecule has 0 aliphatic carbocycles. The van der Waals surface area contributed by atoms with Gasteiger partial charge in [0.2, 0.25) is 5.91 Å². The fourth-order valence-corrected chi connectivity index (χ4v) is 2.69. The Balaban J connectivity index is 1.75. The van der Waals surface area contributed by atoms with Gasteiger partial charge in [-0.15, -0.1) is 0 Å². The van der Waals surface area contributed by atoms with Crippen molar-refractivity contribution in [2.24, 2.45) is 0 Å². The summed E-state index contributed by atoms with van der Waals surface area (Å²) in [6.07, 6.45) is 3.98. The van der Waals surface area contributed by atoms with Crippen molar-refractivity contribution in [3.05, 3.63) is 53.6 Å². The molecule has 2 rings (SSSR count). The van der Waals surface area contributed by atoms with Crippen LogP contribution in [-0.2, 0) is 17.6 Å². The van der Waals surface area contributed by atoms with E-state index in [-0.39, 0.29) is 5.91 Å². The van der Waals surface area contributed by atoms with Crippen LogP contribution >= 0.6 is 0 Å². The van der Waals surface area contributed by atoms with Crippen LogP contribution in [0.3, 0.4) is 0 Å². The first-order valence-electron chi connectivity index (χ1n) is 7.91. The van der Waals surface area contributed by atoms with Gasteiger partial charge in [-0.1, -0.05) is 30.3 Å². The standard InChI is InChI=1S/C18H25N3O/c1-14(2)21-15(3)13-20-17(21)11-12-19-18(22)10-9-16-7-5-4-6-8-16/h4-8,13-14H,9-12H2,1-3H3,(H,19,22). The molecule has 0 unspecified atom stereocenters. The summed E-state index contributed by atoms with van der Waals surface area (Å²) in [6, 6.07) is 10.5. The van der Waals surface area contributed by atoms with Crippen LogP contribution in [0.15, 0.2) is 36.5 Å². The van der Waals surface area contributed by atoms with Gasteiger partial charge in [-0.25, -0.2) is 4.98 Å². The molecule has 118 valence electrons. The number of aryl methyl sites for hydroxylation is 2. The van der Waals surface area contributed by atoms with E-state index in [4.69, 9.17) is 0 Å². The van der Waals surface area contributed by atoms with Gasteiger partial charge in [-0.2, -0.15) is 0 Å². The van der Waals surface area contributed by atoms with E-state index in [0.717, 1.165) is 18.7 Å². The molecule has 0 atom stereocenters. The maximum Gasteiger partial charge on any atom is 0.220 e. The highest BCUT2D eigenvalue weighted by atomic mass is 16.1. The highest BCUT2D eigenvalue weighted by Crippen LogP contribution is 2.13. The minimum Gasteiger partial charge on any atom is -0.356 e. The van der Waals surface area contributed by atoms with E-state index in [1.165, 1.54) is 11.3 Å². The van der Waals surface area contributed by atoms with Crippen molar-refractivity contribution in [2.45, 2.75) is 46.1 Å². The molecular weight excluding hydrogens is 274 g/mol. The lowest BCUT2D eigenvalue weighted by molar-refractivity contribution is -0.121. The summed E-state index contributed by atoms with van der Waals surface area (Å²) >= 11 is 0. The first-order valence-corrected chi connectivity index (χ1v) is 7.91. The Morgan fingerprint density at radius 1 is 1.23 bits per heavy atom. The molecule has 0 bridgehead atoms. The molecule has 4 heteroatoms. The molecule has 0 aliphatic rings. The Hall–Kier alpha value is -2.10. The maximum atomic E-state index is 11.9. The molecule has 22 heavy (non-hydrogen) atoms. The highest BCUT2D eigenvalue weighted by Gasteiger charge is 2.10. The minimum absolute atomic E-state index is 0.100. The zero-order valence-electron chi connectivity index (χ0n) is 13.7. The molecule has 0 fully saturated rings. The first kappa shape index (κ1) is 16.3. The van der Waals surface area contributed by atoms with Crippen molar-refractivity contribution in [3.63, 3.8) is 0 Å². The molecule has 1 amide bonds. The average Bonchev–Trinajstić information content (AvgIpc) is 2.87. The Morgan fingerprint density at radius 2 is 1.95 bits per heavy atom. The smallest absolute Gasteiger partial charge is 0.220 e. The van der Waals surface area contributed by atoms with E-state index in [0.29, 0.717) is 19.0 Å². The van der Waals surface area contributed by atoms with Crippen molar-refractivity contribution in [1.82, 2.24) is 14.9 Å². The lowest BCUT2D eigenvalue weighted by atomic mass is 10.1. The molecule has 0 saturated carbocycles. The van der Waals surface area contributed by atoms with Crippen molar-refractivity contribution in [1.29, 1.82) is 0 Å². The van der Waals surface area contributed by atoms with E-state index < -0.39 is 0 Å². The number of carbonyl (C=O) groups excluding carboxylic acids is 1. The number of rotatable bonds is 7. The molecule has 0 saturated heterocycles. The normalized spacial score (nSPS) is 10.9. The van der Waals surface area contributed by atoms with Crippen molar-refractivity contribution < 1.29 is 4.79 Å². The predicted octanol–water partition coefficient (Wildman–Crippen LogP) is 3.06. The minimum atomic E-state index is 0.100. The zero-order chi connectivity index (χ0) is 15.9. The second kappa shape index (κ2) is 7.78. The predicted molar refractivity (Wildman–Crippen MR) is 88.8 cm³/mol. The maximum absolute atomic E-state index is 11.9. The zero-order valence-corrected chi connectivity index (χ0v) is 13.7. The summed E-state index contributed by atoms with van der Waals surface area (Å²) < 4.78 is 2.22. The summed E-state index contributed by atoms with van der Waals surface area (Å²) in [5.74, 6) is 1.14. The van der Waals surface area contributed by atoms with Gasteiger partial charge < -0.3 is 9.88 Å². The molecule has 1 aromatic heterocycles. The van der Waals surface area contributed by atoms with Gasteiger partial charge in [0.25, 0.3) is 0 Å². The van der Waals surface area contributed by atoms with Crippen LogP contribution in [0.1, 0.15) is 43.4 Å². The summed E-state index contributed by atoms with van der Waals surface area (Å²) in [6.45, 7) is 7.00. The van der Waals surface area contributed by atoms with Gasteiger partial charge in [0.15, 0.2) is 0 Å². The molecule has 1 N–H and O–H groups in total. The Bertz CT molecular complexity index is 602. The van der Waals surface area contributed by atoms with Crippen molar-refractivity contribution in [3.8, 4) is 0 Å². The Labute approximate surface area is 132 Å². The van der Waals surface area contributed by atoms with Crippen LogP contribution in [0, 0.1) is 6.92 Å². The van der Waals surface area contributed by atoms with E-state index in [9.17, 15) is 4.79 Å². The summed E-state index contributed by atoms with van der Waals surface area (Å²) in [5, 5.41) is 2.98. The number of hydrogen-bond acceptors (Lipinski definition) is 2. The van der Waals surface area contributed by atoms with Gasteiger partial charge in [-0.05, 0) is 32.8 Å². The molecule has 2 aromatic rings. The van der Waals surface area contributed by atoms with Crippen LogP contribution in [0.2, 0.25) is 0 Å². The summed E-state index contributed by atoms with van der Waals surface area (Å²) in [5.41, 5.74) is 2.36. The van der Waals surface area contributed by atoms with E-state index >= 15 is 0 Å². The van der Waals surface area contributed by atoms with E-state index in [1.54, 1.807) is 0 Å². The van der Waals surface area contributed by atoms with Gasteiger partial charge >= 0.3 is 0 Å². The summed E-state index contributed by atoms with van der Waals surface area (Å²) in [4.78, 5) is 16.3. The first-order chi connectivity index (χ1) is 10.6. The highest BCUT2D eigenvalue weighted by molar-refractivity contribution is 5.76. The fraction of sp³-hybridized carbons (Fsp3) is 0.444. The van der Waals surface area contributed by atoms with Gasteiger partial charge in [0.05, 0.1) is 0 Å². The van der Waals surface area contributed by atoms with Gasteiger partial charge in [-0.3, -0.25) is 4.79 Å². The SMILES string of the molecule is Cc1cnc(CCNC(=O)CCc2ccccc2)n1C(C)C. The average molecular weight is 299 g/mol. The Morgan fingerprint density at radius 3 is 2.64 bits per heavy atom. The van der Waals surface area contributed by atoms with Crippen LogP contribution in [-0.4, -0.2) is 22.0 Å². The quantitative estimate of drug-likeness (QED) is 0.854. The van der Waals surface area contributed by atoms with Gasteiger partial charge in [0, 0.05) is 37.3 Å². The molecular formula is C18H25N3O. The molecule has 0 spiro atoms.